The van der Waals surface area contributed by atoms with Crippen molar-refractivity contribution in [1.82, 2.24) is 0 Å². The first kappa shape index (κ1) is 27.3. The molecule has 11 heteroatoms. The van der Waals surface area contributed by atoms with Crippen molar-refractivity contribution in [1.29, 1.82) is 0 Å². The fourth-order valence-corrected chi connectivity index (χ4v) is 8.84. The fourth-order valence-electron chi connectivity index (χ4n) is 2.41. The third-order valence-corrected chi connectivity index (χ3v) is 10.9. The molecule has 32 heavy (non-hydrogen) atoms. The molecule has 1 aromatic carbocycles. The van der Waals surface area contributed by atoms with Crippen molar-refractivity contribution in [2.75, 3.05) is 19.2 Å². The average molecular weight is 653 g/mol. The van der Waals surface area contributed by atoms with Crippen LogP contribution >= 0.6 is 25.6 Å². The molecule has 1 aromatic heterocycles. The van der Waals surface area contributed by atoms with Crippen molar-refractivity contribution in [3.8, 4) is 0 Å². The summed E-state index contributed by atoms with van der Waals surface area (Å²) in [5.74, 6) is -2.21. The largest absolute Gasteiger partial charge is 0.414 e. The first-order chi connectivity index (χ1) is 15.2. The van der Waals surface area contributed by atoms with Crippen molar-refractivity contribution < 1.29 is 86.0 Å². The van der Waals surface area contributed by atoms with Gasteiger partial charge in [-0.05, 0) is 24.8 Å². The van der Waals surface area contributed by atoms with Crippen LogP contribution in [-0.4, -0.2) is 46.8 Å². The Bertz CT molecular complexity index is 1010. The van der Waals surface area contributed by atoms with Crippen LogP contribution in [0.4, 0.5) is 13.2 Å². The van der Waals surface area contributed by atoms with E-state index in [1.807, 2.05) is 0 Å². The summed E-state index contributed by atoms with van der Waals surface area (Å²) < 4.78 is 85.6. The Kier molecular flexibility index (Phi) is 11.2. The molecule has 0 saturated heterocycles. The van der Waals surface area contributed by atoms with E-state index in [1.54, 1.807) is 62.5 Å². The van der Waals surface area contributed by atoms with Crippen LogP contribution in [0.3, 0.4) is 0 Å². The topological polar surface area (TPSA) is 74.6 Å². The van der Waals surface area contributed by atoms with Gasteiger partial charge in [-0.15, -0.1) is 11.3 Å². The van der Waals surface area contributed by atoms with Crippen LogP contribution in [0.1, 0.15) is 42.3 Å². The molecule has 2 N–H and O–H groups in total. The van der Waals surface area contributed by atoms with Crippen molar-refractivity contribution >= 4 is 30.9 Å². The van der Waals surface area contributed by atoms with Gasteiger partial charge < -0.3 is 19.3 Å². The van der Waals surface area contributed by atoms with Gasteiger partial charge in [-0.2, -0.15) is 13.2 Å². The molecule has 0 aliphatic carbocycles. The summed E-state index contributed by atoms with van der Waals surface area (Å²) >= 11 is 1.04. The number of hydrogen-bond acceptors (Lipinski definition) is 5. The van der Waals surface area contributed by atoms with Crippen LogP contribution in [0.15, 0.2) is 47.8 Å². The predicted molar refractivity (Wildman–Crippen MR) is 124 cm³/mol. The summed E-state index contributed by atoms with van der Waals surface area (Å²) in [4.78, 5) is 0.235. The third-order valence-electron chi connectivity index (χ3n) is 3.98. The molecule has 0 amide bonds. The van der Waals surface area contributed by atoms with E-state index in [0.29, 0.717) is 5.30 Å². The Balaban J connectivity index is 0.000000659. The molecule has 183 valence electrons. The molecule has 0 bridgehead atoms. The maximum absolute atomic E-state index is 13.6. The van der Waals surface area contributed by atoms with Crippen molar-refractivity contribution in [3.05, 3.63) is 52.7 Å². The van der Waals surface area contributed by atoms with Crippen LogP contribution < -0.4 is 5.30 Å². The summed E-state index contributed by atoms with van der Waals surface area (Å²) in [5.41, 5.74) is 0. The first-order valence-electron chi connectivity index (χ1n) is 10.9. The van der Waals surface area contributed by atoms with Crippen LogP contribution in [0.25, 0.3) is 0 Å². The summed E-state index contributed by atoms with van der Waals surface area (Å²) in [6.07, 6.45) is -11.4. The Morgan fingerprint density at radius 1 is 1.03 bits per heavy atom. The van der Waals surface area contributed by atoms with Gasteiger partial charge in [0.05, 0.1) is 19.1 Å². The molecule has 4 nitrogen and oxygen atoms in total. The summed E-state index contributed by atoms with van der Waals surface area (Å²) in [6.45, 7) is 7.97. The van der Waals surface area contributed by atoms with E-state index in [9.17, 15) is 27.4 Å². The van der Waals surface area contributed by atoms with E-state index in [2.05, 4.69) is 0 Å². The quantitative estimate of drug-likeness (QED) is 0.367. The molecule has 1 heterocycles. The molecule has 0 fully saturated rings. The molecule has 0 aliphatic heterocycles. The number of benzene rings is 1. The number of thiophene rings is 1. The molecule has 0 aliphatic rings. The van der Waals surface area contributed by atoms with Crippen LogP contribution in [0.5, 0.6) is 0 Å². The smallest absolute Gasteiger partial charge is 0.387 e. The zero-order valence-electron chi connectivity index (χ0n) is 21.4. The SMILES string of the molecule is [2H]C(C(O)c1cccs1)C(O)C(F)(F)F.[2H]C([2H])(P(C)(C)=O)P(=O)(c1ccccc1)C(C)(C)C.[Eu]. The molecule has 2 rings (SSSR count). The number of alkyl halides is 3. The second-order valence-corrected chi connectivity index (χ2v) is 15.8. The minimum Gasteiger partial charge on any atom is -0.387 e. The zero-order chi connectivity index (χ0) is 26.8. The van der Waals surface area contributed by atoms with E-state index in [0.717, 1.165) is 11.3 Å². The molecule has 4 unspecified atom stereocenters. The van der Waals surface area contributed by atoms with Gasteiger partial charge >= 0.3 is 6.18 Å². The molecule has 2 aromatic rings. The van der Waals surface area contributed by atoms with E-state index in [4.69, 9.17) is 9.22 Å². The van der Waals surface area contributed by atoms with Gasteiger partial charge in [0.1, 0.15) is 7.14 Å². The maximum Gasteiger partial charge on any atom is 0.414 e. The standard InChI is InChI=1S/C13H22O2P2.C8H9F3O2S.Eu/c1-13(2,3)17(15,11-16(4,5)14)12-9-7-6-8-10-12;9-8(10,11)7(13)4-5(12)6-2-1-3-14-6;/h6-10H,11H2,1-5H3;1-3,5,7,12-13H,4H2;/i11D2;4D;. The summed E-state index contributed by atoms with van der Waals surface area (Å²) in [7, 11) is -6.69. The second-order valence-electron chi connectivity index (χ2n) is 8.21. The maximum atomic E-state index is 13.6. The molecule has 1 radical (unpaired) electrons. The fraction of sp³-hybridized carbons (Fsp3) is 0.524. The second kappa shape index (κ2) is 13.1. The number of aliphatic hydroxyl groups excluding tert-OH is 2. The van der Waals surface area contributed by atoms with Gasteiger partial charge in [-0.1, -0.05) is 57.2 Å². The van der Waals surface area contributed by atoms with Crippen LogP contribution in [-0.2, 0) is 9.13 Å². The number of halogens is 3. The van der Waals surface area contributed by atoms with E-state index >= 15 is 0 Å². The number of rotatable bonds is 6. The molecule has 0 spiro atoms. The Morgan fingerprint density at radius 3 is 1.94 bits per heavy atom. The van der Waals surface area contributed by atoms with Crippen molar-refractivity contribution in [2.45, 2.75) is 50.7 Å². The normalized spacial score (nSPS) is 18.9. The summed E-state index contributed by atoms with van der Waals surface area (Å²) in [6, 6.07) is 11.6. The number of aliphatic hydroxyl groups is 2. The molecular formula is C21H31EuF3O4P2S. The summed E-state index contributed by atoms with van der Waals surface area (Å²) in [5, 5.41) is 19.4. The minimum absolute atomic E-state index is 0. The minimum atomic E-state index is -4.88. The van der Waals surface area contributed by atoms with Crippen LogP contribution in [0.2, 0.25) is 0 Å². The Labute approximate surface area is 237 Å². The number of hydrogen-bond donors (Lipinski definition) is 2. The van der Waals surface area contributed by atoms with Crippen LogP contribution in [0, 0.1) is 49.4 Å². The predicted octanol–water partition coefficient (Wildman–Crippen LogP) is 6.15. The van der Waals surface area contributed by atoms with E-state index < -0.39 is 50.1 Å². The molecule has 0 saturated carbocycles. The average Bonchev–Trinajstić information content (AvgIpc) is 3.25. The first-order valence-corrected chi connectivity index (χ1v) is 14.5. The molecular weight excluding hydrogens is 619 g/mol. The van der Waals surface area contributed by atoms with Gasteiger partial charge in [0.15, 0.2) is 6.10 Å². The van der Waals surface area contributed by atoms with E-state index in [-0.39, 0.29) is 54.3 Å². The zero-order valence-corrected chi connectivity index (χ0v) is 23.4. The van der Waals surface area contributed by atoms with Crippen molar-refractivity contribution in [2.24, 2.45) is 0 Å². The van der Waals surface area contributed by atoms with Gasteiger partial charge in [-0.25, -0.2) is 0 Å². The van der Waals surface area contributed by atoms with Gasteiger partial charge in [0.25, 0.3) is 0 Å². The Hall–Kier alpha value is 0.674. The monoisotopic (exact) mass is 654 g/mol. The van der Waals surface area contributed by atoms with Crippen molar-refractivity contribution in [3.63, 3.8) is 0 Å². The van der Waals surface area contributed by atoms with E-state index in [1.165, 1.54) is 19.4 Å². The Morgan fingerprint density at radius 2 is 1.56 bits per heavy atom. The molecule has 4 atom stereocenters. The van der Waals surface area contributed by atoms with Gasteiger partial charge in [0, 0.05) is 75.2 Å². The van der Waals surface area contributed by atoms with Gasteiger partial charge in [0.2, 0.25) is 0 Å². The van der Waals surface area contributed by atoms with Gasteiger partial charge in [-0.3, -0.25) is 0 Å². The third kappa shape index (κ3) is 10.5.